The predicted octanol–water partition coefficient (Wildman–Crippen LogP) is 3.53. The van der Waals surface area contributed by atoms with Gasteiger partial charge in [-0.1, -0.05) is 30.8 Å². The van der Waals surface area contributed by atoms with Gasteiger partial charge in [-0.2, -0.15) is 0 Å². The second-order valence-electron chi connectivity index (χ2n) is 7.92. The average Bonchev–Trinajstić information content (AvgIpc) is 2.71. The van der Waals surface area contributed by atoms with E-state index in [1.165, 1.54) is 16.8 Å². The van der Waals surface area contributed by atoms with E-state index in [0.29, 0.717) is 11.4 Å². The molecule has 5 rings (SSSR count). The number of aryl methyl sites for hydroxylation is 1. The van der Waals surface area contributed by atoms with Crippen LogP contribution in [0.1, 0.15) is 28.7 Å². The molecule has 1 aromatic heterocycles. The number of anilines is 1. The third-order valence-electron chi connectivity index (χ3n) is 5.90. The third-order valence-corrected chi connectivity index (χ3v) is 5.90. The molecule has 0 spiro atoms. The molecule has 4 heterocycles. The molecule has 3 N–H and O–H groups in total. The van der Waals surface area contributed by atoms with E-state index in [0.717, 1.165) is 55.9 Å². The van der Waals surface area contributed by atoms with E-state index in [1.54, 1.807) is 0 Å². The molecule has 1 aromatic carbocycles. The number of nitrogens with one attached hydrogen (secondary N) is 2. The Morgan fingerprint density at radius 2 is 2.25 bits per heavy atom. The van der Waals surface area contributed by atoms with Gasteiger partial charge in [0.05, 0.1) is 5.56 Å². The van der Waals surface area contributed by atoms with E-state index in [-0.39, 0.29) is 12.7 Å². The molecule has 1 atom stereocenters. The number of aromatic nitrogens is 1. The van der Waals surface area contributed by atoms with Crippen LogP contribution in [0.3, 0.4) is 0 Å². The lowest BCUT2D eigenvalue weighted by molar-refractivity contribution is 0.480. The second kappa shape index (κ2) is 6.93. The molecular formula is C22H24BN3O2. The van der Waals surface area contributed by atoms with E-state index in [1.807, 2.05) is 18.3 Å². The number of hydrogen-bond donors (Lipinski definition) is 3. The molecule has 5 nitrogen and oxygen atoms in total. The van der Waals surface area contributed by atoms with Gasteiger partial charge in [-0.05, 0) is 42.0 Å². The maximum Gasteiger partial charge on any atom is 0.391 e. The summed E-state index contributed by atoms with van der Waals surface area (Å²) >= 11 is 0. The highest BCUT2D eigenvalue weighted by Gasteiger charge is 2.37. The molecular weight excluding hydrogens is 349 g/mol. The van der Waals surface area contributed by atoms with E-state index in [9.17, 15) is 5.11 Å². The summed E-state index contributed by atoms with van der Waals surface area (Å²) in [6, 6.07) is 8.16. The van der Waals surface area contributed by atoms with Gasteiger partial charge >= 0.3 is 6.92 Å². The fourth-order valence-electron chi connectivity index (χ4n) is 4.45. The maximum atomic E-state index is 9.91. The summed E-state index contributed by atoms with van der Waals surface area (Å²) in [6.45, 7) is 5.59. The van der Waals surface area contributed by atoms with Crippen molar-refractivity contribution in [2.75, 3.05) is 18.4 Å². The van der Waals surface area contributed by atoms with Crippen LogP contribution in [-0.2, 0) is 19.3 Å². The first-order valence-corrected chi connectivity index (χ1v) is 10.0. The Kier molecular flexibility index (Phi) is 4.27. The molecule has 0 aliphatic carbocycles. The van der Waals surface area contributed by atoms with Crippen LogP contribution in [0.15, 0.2) is 48.7 Å². The van der Waals surface area contributed by atoms with E-state index in [2.05, 4.69) is 40.3 Å². The van der Waals surface area contributed by atoms with Crippen molar-refractivity contribution < 1.29 is 9.76 Å². The Labute approximate surface area is 165 Å². The van der Waals surface area contributed by atoms with Crippen molar-refractivity contribution in [1.29, 1.82) is 0 Å². The first-order chi connectivity index (χ1) is 13.7. The number of fused-ring (bicyclic) bond motifs is 3. The van der Waals surface area contributed by atoms with Gasteiger partial charge in [-0.15, -0.1) is 0 Å². The standard InChI is InChI=1S/C22H24BN3O2/c1-14(27)20-6-2-4-16-10-18-13-25-19(11-23(18)28-21(16)20)9-15-8-17-5-3-7-24-22(17)26-12-15/h2,4,6,8,11-12,18,25,27H,1,3,5,7,9-10,13H2,(H,24,26)/t18-/m1/s1. The van der Waals surface area contributed by atoms with E-state index in [4.69, 9.17) is 4.65 Å². The largest absolute Gasteiger partial charge is 0.555 e. The van der Waals surface area contributed by atoms with Crippen LogP contribution < -0.4 is 15.3 Å². The Bertz CT molecular complexity index is 972. The second-order valence-corrected chi connectivity index (χ2v) is 7.92. The van der Waals surface area contributed by atoms with Gasteiger partial charge in [0.25, 0.3) is 0 Å². The number of nitrogens with zero attached hydrogens (tertiary/aromatic N) is 1. The minimum atomic E-state index is 0.0107. The molecule has 0 bridgehead atoms. The predicted molar refractivity (Wildman–Crippen MR) is 113 cm³/mol. The van der Waals surface area contributed by atoms with Crippen molar-refractivity contribution in [3.8, 4) is 5.75 Å². The number of benzene rings is 1. The van der Waals surface area contributed by atoms with Gasteiger partial charge in [0.15, 0.2) is 0 Å². The number of pyridine rings is 1. The molecule has 3 aliphatic heterocycles. The van der Waals surface area contributed by atoms with Crippen molar-refractivity contribution in [2.24, 2.45) is 0 Å². The Morgan fingerprint density at radius 1 is 1.32 bits per heavy atom. The van der Waals surface area contributed by atoms with Crippen LogP contribution in [-0.4, -0.2) is 30.1 Å². The summed E-state index contributed by atoms with van der Waals surface area (Å²) in [4.78, 5) is 4.59. The van der Waals surface area contributed by atoms with Gasteiger partial charge in [-0.25, -0.2) is 4.98 Å². The van der Waals surface area contributed by atoms with Gasteiger partial charge in [0.1, 0.15) is 17.3 Å². The molecule has 3 aliphatic rings. The van der Waals surface area contributed by atoms with Crippen molar-refractivity contribution in [1.82, 2.24) is 10.3 Å². The molecule has 28 heavy (non-hydrogen) atoms. The summed E-state index contributed by atoms with van der Waals surface area (Å²) in [6.07, 6.45) is 5.98. The zero-order chi connectivity index (χ0) is 19.1. The Hall–Kier alpha value is -2.89. The lowest BCUT2D eigenvalue weighted by Gasteiger charge is -2.35. The van der Waals surface area contributed by atoms with Crippen molar-refractivity contribution in [2.45, 2.75) is 31.5 Å². The summed E-state index contributed by atoms with van der Waals surface area (Å²) < 4.78 is 6.32. The van der Waals surface area contributed by atoms with E-state index < -0.39 is 0 Å². The Morgan fingerprint density at radius 3 is 3.14 bits per heavy atom. The molecule has 6 heteroatoms. The first-order valence-electron chi connectivity index (χ1n) is 10.0. The number of para-hydroxylation sites is 1. The zero-order valence-corrected chi connectivity index (χ0v) is 15.9. The number of hydrogen-bond acceptors (Lipinski definition) is 5. The summed E-state index contributed by atoms with van der Waals surface area (Å²) in [7, 11) is 0. The molecule has 142 valence electrons. The van der Waals surface area contributed by atoms with E-state index >= 15 is 0 Å². The number of allylic oxidation sites excluding steroid dienone is 1. The minimum Gasteiger partial charge on any atom is -0.555 e. The van der Waals surface area contributed by atoms with Gasteiger partial charge in [0, 0.05) is 37.2 Å². The highest BCUT2D eigenvalue weighted by molar-refractivity contribution is 6.61. The SMILES string of the molecule is C=C(O)c1cccc2c1OB1C=C(Cc3cnc4c(c3)CCCN4)NC[C@H]1C2. The van der Waals surface area contributed by atoms with Gasteiger partial charge in [0.2, 0.25) is 0 Å². The number of aliphatic hydroxyl groups excluding tert-OH is 1. The molecule has 0 saturated carbocycles. The van der Waals surface area contributed by atoms with Crippen LogP contribution in [0.4, 0.5) is 5.82 Å². The maximum absolute atomic E-state index is 9.91. The zero-order valence-electron chi connectivity index (χ0n) is 15.9. The number of rotatable bonds is 3. The van der Waals surface area contributed by atoms with Crippen molar-refractivity contribution in [3.63, 3.8) is 0 Å². The monoisotopic (exact) mass is 373 g/mol. The molecule has 2 aromatic rings. The normalized spacial score (nSPS) is 19.8. The molecule has 0 fully saturated rings. The average molecular weight is 373 g/mol. The highest BCUT2D eigenvalue weighted by atomic mass is 16.4. The lowest BCUT2D eigenvalue weighted by atomic mass is 9.50. The van der Waals surface area contributed by atoms with Crippen LogP contribution in [0.5, 0.6) is 5.75 Å². The molecule has 0 amide bonds. The summed E-state index contributed by atoms with van der Waals surface area (Å²) in [5, 5.41) is 16.9. The van der Waals surface area contributed by atoms with Crippen molar-refractivity contribution in [3.05, 3.63) is 71.0 Å². The highest BCUT2D eigenvalue weighted by Crippen LogP contribution is 2.38. The third kappa shape index (κ3) is 3.13. The number of aliphatic hydroxyl groups is 1. The van der Waals surface area contributed by atoms with Crippen LogP contribution >= 0.6 is 0 Å². The molecule has 0 saturated heterocycles. The quantitative estimate of drug-likeness (QED) is 0.567. The van der Waals surface area contributed by atoms with Crippen LogP contribution in [0.2, 0.25) is 5.82 Å². The smallest absolute Gasteiger partial charge is 0.391 e. The first kappa shape index (κ1) is 17.2. The molecule has 0 radical (unpaired) electrons. The fourth-order valence-corrected chi connectivity index (χ4v) is 4.45. The Balaban J connectivity index is 1.38. The lowest BCUT2D eigenvalue weighted by Crippen LogP contribution is -2.43. The summed E-state index contributed by atoms with van der Waals surface area (Å²) in [5.74, 6) is 4.46. The van der Waals surface area contributed by atoms with Crippen LogP contribution in [0, 0.1) is 0 Å². The van der Waals surface area contributed by atoms with Gasteiger partial charge < -0.3 is 20.4 Å². The fraction of sp³-hybridized carbons (Fsp3) is 0.318. The summed E-state index contributed by atoms with van der Waals surface area (Å²) in [5.41, 5.74) is 5.54. The van der Waals surface area contributed by atoms with Crippen LogP contribution in [0.25, 0.3) is 5.76 Å². The van der Waals surface area contributed by atoms with Gasteiger partial charge in [-0.3, -0.25) is 0 Å². The topological polar surface area (TPSA) is 66.4 Å². The molecule has 0 unspecified atom stereocenters. The van der Waals surface area contributed by atoms with Crippen molar-refractivity contribution >= 4 is 18.5 Å². The minimum absolute atomic E-state index is 0.0107.